The second kappa shape index (κ2) is 8.43. The lowest BCUT2D eigenvalue weighted by atomic mass is 9.61. The molecule has 2 bridgehead atoms. The van der Waals surface area contributed by atoms with E-state index in [0.717, 1.165) is 32.1 Å². The zero-order valence-electron chi connectivity index (χ0n) is 20.5. The molecular weight excluding hydrogens is 430 g/mol. The molecule has 2 aromatic rings. The van der Waals surface area contributed by atoms with Crippen LogP contribution in [0.4, 0.5) is 0 Å². The summed E-state index contributed by atoms with van der Waals surface area (Å²) in [5, 5.41) is 0.135. The van der Waals surface area contributed by atoms with E-state index in [1.807, 2.05) is 13.8 Å². The van der Waals surface area contributed by atoms with Gasteiger partial charge in [0.25, 0.3) is 5.56 Å². The number of ketones is 2. The normalized spacial score (nSPS) is 21.7. The van der Waals surface area contributed by atoms with Gasteiger partial charge in [0.05, 0.1) is 16.5 Å². The Labute approximate surface area is 198 Å². The third-order valence-corrected chi connectivity index (χ3v) is 7.89. The molecule has 2 heterocycles. The summed E-state index contributed by atoms with van der Waals surface area (Å²) in [7, 11) is 0. The molecule has 0 amide bonds. The van der Waals surface area contributed by atoms with Gasteiger partial charge in [-0.05, 0) is 62.2 Å². The van der Waals surface area contributed by atoms with Crippen molar-refractivity contribution in [3.8, 4) is 0 Å². The van der Waals surface area contributed by atoms with Crippen LogP contribution in [0.1, 0.15) is 86.9 Å². The standard InChI is InChI=1S/C27H33N3O4/c1-14(2)9-11-29-25-22(26(33)30(27(29)34)12-10-15(3)4)21-18(13-28-25)23(31)19-16-5-7-17(8-6-16)20(19)24(21)32/h13-17H,5-12H2,1-4H3. The summed E-state index contributed by atoms with van der Waals surface area (Å²) in [5.41, 5.74) is 1.01. The van der Waals surface area contributed by atoms with Gasteiger partial charge in [0, 0.05) is 30.4 Å². The molecule has 34 heavy (non-hydrogen) atoms. The predicted molar refractivity (Wildman–Crippen MR) is 130 cm³/mol. The number of hydrogen-bond donors (Lipinski definition) is 0. The van der Waals surface area contributed by atoms with Crippen LogP contribution < -0.4 is 11.2 Å². The van der Waals surface area contributed by atoms with E-state index in [4.69, 9.17) is 0 Å². The summed E-state index contributed by atoms with van der Waals surface area (Å²) in [6.45, 7) is 8.92. The van der Waals surface area contributed by atoms with Crippen molar-refractivity contribution in [2.45, 2.75) is 79.3 Å². The van der Waals surface area contributed by atoms with Crippen LogP contribution >= 0.6 is 0 Å². The first-order valence-electron chi connectivity index (χ1n) is 12.7. The summed E-state index contributed by atoms with van der Waals surface area (Å²) < 4.78 is 2.78. The van der Waals surface area contributed by atoms with Gasteiger partial charge in [-0.3, -0.25) is 23.5 Å². The lowest BCUT2D eigenvalue weighted by molar-refractivity contribution is 0.0922. The Morgan fingerprint density at radius 1 is 0.824 bits per heavy atom. The van der Waals surface area contributed by atoms with Crippen molar-refractivity contribution in [3.63, 3.8) is 0 Å². The van der Waals surface area contributed by atoms with E-state index < -0.39 is 11.2 Å². The van der Waals surface area contributed by atoms with Gasteiger partial charge in [0.15, 0.2) is 11.6 Å². The molecule has 1 saturated carbocycles. The Morgan fingerprint density at radius 3 is 1.91 bits per heavy atom. The van der Waals surface area contributed by atoms with Gasteiger partial charge in [-0.25, -0.2) is 9.78 Å². The molecule has 0 N–H and O–H groups in total. The SMILES string of the molecule is CC(C)CCn1c(=O)c2c3c(cnc2n(CCC(C)C)c1=O)C(=O)C1=C(C3=O)C2CCC1CC2. The van der Waals surface area contributed by atoms with Crippen molar-refractivity contribution in [1.82, 2.24) is 14.1 Å². The minimum Gasteiger partial charge on any atom is -0.289 e. The smallest absolute Gasteiger partial charge is 0.289 e. The van der Waals surface area contributed by atoms with Crippen LogP contribution in [0.25, 0.3) is 11.0 Å². The highest BCUT2D eigenvalue weighted by Crippen LogP contribution is 2.49. The van der Waals surface area contributed by atoms with Gasteiger partial charge in [-0.15, -0.1) is 0 Å². The largest absolute Gasteiger partial charge is 0.332 e. The van der Waals surface area contributed by atoms with Gasteiger partial charge in [0.1, 0.15) is 5.65 Å². The fourth-order valence-electron chi connectivity index (χ4n) is 5.95. The Balaban J connectivity index is 1.79. The predicted octanol–water partition coefficient (Wildman–Crippen LogP) is 4.15. The van der Waals surface area contributed by atoms with Crippen molar-refractivity contribution in [2.24, 2.45) is 23.7 Å². The second-order valence-corrected chi connectivity index (χ2v) is 11.0. The molecule has 7 nitrogen and oxygen atoms in total. The van der Waals surface area contributed by atoms with Crippen molar-refractivity contribution in [3.05, 3.63) is 49.3 Å². The van der Waals surface area contributed by atoms with Crippen molar-refractivity contribution >= 4 is 22.6 Å². The molecule has 2 aromatic heterocycles. The third kappa shape index (κ3) is 3.43. The number of pyridine rings is 1. The molecule has 0 atom stereocenters. The zero-order valence-corrected chi connectivity index (χ0v) is 20.5. The maximum absolute atomic E-state index is 13.9. The van der Waals surface area contributed by atoms with E-state index in [1.165, 1.54) is 15.3 Å². The van der Waals surface area contributed by atoms with Crippen LogP contribution in [-0.4, -0.2) is 25.7 Å². The Kier molecular flexibility index (Phi) is 5.69. The number of carbonyl (C=O) groups excluding carboxylic acids is 2. The first-order chi connectivity index (χ1) is 16.2. The minimum atomic E-state index is -0.503. The van der Waals surface area contributed by atoms with E-state index in [1.54, 1.807) is 0 Å². The van der Waals surface area contributed by atoms with Crippen LogP contribution in [0.5, 0.6) is 0 Å². The molecule has 0 radical (unpaired) electrons. The number of aromatic nitrogens is 3. The summed E-state index contributed by atoms with van der Waals surface area (Å²) in [6, 6.07) is 0. The highest BCUT2D eigenvalue weighted by molar-refractivity contribution is 6.30. The lowest BCUT2D eigenvalue weighted by Gasteiger charge is -2.41. The number of fused-ring (bicyclic) bond motifs is 5. The van der Waals surface area contributed by atoms with Gasteiger partial charge in [-0.2, -0.15) is 0 Å². The van der Waals surface area contributed by atoms with Crippen LogP contribution in [0, 0.1) is 23.7 Å². The highest BCUT2D eigenvalue weighted by atomic mass is 16.2. The zero-order chi connectivity index (χ0) is 24.3. The summed E-state index contributed by atoms with van der Waals surface area (Å²) in [4.78, 5) is 59.1. The Hall–Kier alpha value is -2.83. The van der Waals surface area contributed by atoms with Crippen molar-refractivity contribution in [2.75, 3.05) is 0 Å². The average Bonchev–Trinajstić information content (AvgIpc) is 2.81. The lowest BCUT2D eigenvalue weighted by Crippen LogP contribution is -2.43. The van der Waals surface area contributed by atoms with E-state index in [9.17, 15) is 19.2 Å². The highest BCUT2D eigenvalue weighted by Gasteiger charge is 2.46. The van der Waals surface area contributed by atoms with Crippen LogP contribution in [0.2, 0.25) is 0 Å². The topological polar surface area (TPSA) is 91.0 Å². The second-order valence-electron chi connectivity index (χ2n) is 11.0. The number of Topliss-reactive ketones (excluding diaryl/α,β-unsaturated/α-hetero) is 2. The van der Waals surface area contributed by atoms with Gasteiger partial charge < -0.3 is 0 Å². The summed E-state index contributed by atoms with van der Waals surface area (Å²) in [5.74, 6) is 0.521. The molecule has 0 unspecified atom stereocenters. The van der Waals surface area contributed by atoms with Crippen LogP contribution in [0.15, 0.2) is 26.9 Å². The van der Waals surface area contributed by atoms with Gasteiger partial charge >= 0.3 is 5.69 Å². The maximum Gasteiger partial charge on any atom is 0.332 e. The molecule has 0 aliphatic heterocycles. The quantitative estimate of drug-likeness (QED) is 0.642. The minimum absolute atomic E-state index is 0.0860. The molecule has 0 spiro atoms. The fraction of sp³-hybridized carbons (Fsp3) is 0.593. The molecule has 6 rings (SSSR count). The molecule has 4 aliphatic carbocycles. The monoisotopic (exact) mass is 463 g/mol. The third-order valence-electron chi connectivity index (χ3n) is 7.89. The van der Waals surface area contributed by atoms with E-state index in [2.05, 4.69) is 18.8 Å². The first-order valence-corrected chi connectivity index (χ1v) is 12.7. The number of rotatable bonds is 6. The Morgan fingerprint density at radius 2 is 1.35 bits per heavy atom. The molecule has 0 aromatic carbocycles. The average molecular weight is 464 g/mol. The van der Waals surface area contributed by atoms with E-state index in [0.29, 0.717) is 35.9 Å². The number of aryl methyl sites for hydroxylation is 1. The molecular formula is C27H33N3O4. The van der Waals surface area contributed by atoms with E-state index in [-0.39, 0.29) is 52.1 Å². The maximum atomic E-state index is 13.9. The van der Waals surface area contributed by atoms with E-state index >= 15 is 0 Å². The molecule has 7 heteroatoms. The number of hydrogen-bond acceptors (Lipinski definition) is 5. The number of carbonyl (C=O) groups is 2. The van der Waals surface area contributed by atoms with Crippen LogP contribution in [-0.2, 0) is 13.1 Å². The van der Waals surface area contributed by atoms with Crippen molar-refractivity contribution < 1.29 is 9.59 Å². The van der Waals surface area contributed by atoms with Gasteiger partial charge in [0.2, 0.25) is 0 Å². The summed E-state index contributed by atoms with van der Waals surface area (Å²) >= 11 is 0. The molecule has 180 valence electrons. The molecule has 0 saturated heterocycles. The Bertz CT molecular complexity index is 1350. The first kappa shape index (κ1) is 22.9. The number of allylic oxidation sites excluding steroid dienone is 2. The summed E-state index contributed by atoms with van der Waals surface area (Å²) in [6.07, 6.45) is 6.54. The van der Waals surface area contributed by atoms with Crippen molar-refractivity contribution in [1.29, 1.82) is 0 Å². The molecule has 1 fully saturated rings. The molecule has 4 aliphatic rings. The fourth-order valence-corrected chi connectivity index (χ4v) is 5.95. The number of nitrogens with zero attached hydrogens (tertiary/aromatic N) is 3. The van der Waals surface area contributed by atoms with Gasteiger partial charge in [-0.1, -0.05) is 27.7 Å². The van der Waals surface area contributed by atoms with Crippen LogP contribution in [0.3, 0.4) is 0 Å².